The van der Waals surface area contributed by atoms with Gasteiger partial charge in [0.15, 0.2) is 0 Å². The van der Waals surface area contributed by atoms with Crippen molar-refractivity contribution < 1.29 is 5.11 Å². The topological polar surface area (TPSA) is 59.9 Å². The lowest BCUT2D eigenvalue weighted by atomic mass is 9.90. The number of nitrogens with one attached hydrogen (secondary N) is 2. The van der Waals surface area contributed by atoms with Gasteiger partial charge in [-0.15, -0.1) is 0 Å². The third-order valence-electron chi connectivity index (χ3n) is 2.74. The second kappa shape index (κ2) is 3.59. The Morgan fingerprint density at radius 1 is 1.64 bits per heavy atom. The van der Waals surface area contributed by atoms with Crippen molar-refractivity contribution in [3.05, 3.63) is 12.3 Å². The van der Waals surface area contributed by atoms with Crippen molar-refractivity contribution in [1.82, 2.24) is 15.9 Å². The lowest BCUT2D eigenvalue weighted by molar-refractivity contribution is -0.0644. The van der Waals surface area contributed by atoms with Crippen LogP contribution in [0.4, 0.5) is 0 Å². The third kappa shape index (κ3) is 1.73. The molecule has 0 amide bonds. The number of allylic oxidation sites excluding steroid dienone is 1. The van der Waals surface area contributed by atoms with E-state index in [-0.39, 0.29) is 6.04 Å². The molecule has 0 aromatic heterocycles. The van der Waals surface area contributed by atoms with Crippen LogP contribution in [-0.4, -0.2) is 41.2 Å². The molecule has 0 radical (unpaired) electrons. The lowest BCUT2D eigenvalue weighted by Crippen LogP contribution is -2.61. The molecule has 2 rings (SSSR count). The van der Waals surface area contributed by atoms with Gasteiger partial charge >= 0.3 is 0 Å². The standard InChI is InChI=1S/C9H16N4O/c1-9(14)3-6-10-7-8(9)13-11-4-2-5-12-13/h2,4-5,8,10-11,14H,3,6-7H2,1H3. The number of hydrazone groups is 1. The molecule has 14 heavy (non-hydrogen) atoms. The monoisotopic (exact) mass is 196 g/mol. The van der Waals surface area contributed by atoms with Gasteiger partial charge in [-0.25, -0.2) is 5.12 Å². The molecule has 2 aliphatic heterocycles. The predicted octanol–water partition coefficient (Wildman–Crippen LogP) is -0.581. The highest BCUT2D eigenvalue weighted by Gasteiger charge is 2.38. The Morgan fingerprint density at radius 3 is 3.14 bits per heavy atom. The number of rotatable bonds is 1. The van der Waals surface area contributed by atoms with E-state index in [1.165, 1.54) is 0 Å². The highest BCUT2D eigenvalue weighted by atomic mass is 16.3. The maximum Gasteiger partial charge on any atom is 0.110 e. The van der Waals surface area contributed by atoms with E-state index >= 15 is 0 Å². The summed E-state index contributed by atoms with van der Waals surface area (Å²) in [6, 6.07) is -0.0301. The van der Waals surface area contributed by atoms with Gasteiger partial charge in [0.05, 0.1) is 11.8 Å². The molecule has 0 bridgehead atoms. The summed E-state index contributed by atoms with van der Waals surface area (Å²) in [4.78, 5) is 0. The Labute approximate surface area is 83.4 Å². The summed E-state index contributed by atoms with van der Waals surface area (Å²) in [5, 5.41) is 19.3. The zero-order valence-electron chi connectivity index (χ0n) is 8.27. The van der Waals surface area contributed by atoms with Crippen molar-refractivity contribution >= 4 is 6.21 Å². The molecule has 0 saturated carbocycles. The van der Waals surface area contributed by atoms with Crippen molar-refractivity contribution in [2.45, 2.75) is 25.0 Å². The summed E-state index contributed by atoms with van der Waals surface area (Å²) in [5.74, 6) is 0. The molecule has 1 fully saturated rings. The molecule has 3 N–H and O–H groups in total. The van der Waals surface area contributed by atoms with Crippen molar-refractivity contribution in [2.75, 3.05) is 13.1 Å². The largest absolute Gasteiger partial charge is 0.388 e. The number of hydrogen-bond acceptors (Lipinski definition) is 5. The van der Waals surface area contributed by atoms with Gasteiger partial charge in [0.2, 0.25) is 0 Å². The number of piperidine rings is 1. The van der Waals surface area contributed by atoms with Gasteiger partial charge < -0.3 is 10.4 Å². The lowest BCUT2D eigenvalue weighted by Gasteiger charge is -2.42. The van der Waals surface area contributed by atoms with Gasteiger partial charge in [0, 0.05) is 12.7 Å². The quantitative estimate of drug-likeness (QED) is 0.525. The maximum atomic E-state index is 10.2. The van der Waals surface area contributed by atoms with Crippen LogP contribution in [0.25, 0.3) is 0 Å². The second-order valence-electron chi connectivity index (χ2n) is 3.92. The Kier molecular flexibility index (Phi) is 2.43. The van der Waals surface area contributed by atoms with Crippen molar-refractivity contribution in [3.63, 3.8) is 0 Å². The fourth-order valence-electron chi connectivity index (χ4n) is 1.79. The zero-order valence-corrected chi connectivity index (χ0v) is 8.27. The first-order chi connectivity index (χ1) is 6.70. The van der Waals surface area contributed by atoms with Crippen molar-refractivity contribution in [1.29, 1.82) is 0 Å². The molecule has 0 spiro atoms. The van der Waals surface area contributed by atoms with Gasteiger partial charge in [-0.05, 0) is 26.0 Å². The van der Waals surface area contributed by atoms with Crippen LogP contribution in [0.1, 0.15) is 13.3 Å². The summed E-state index contributed by atoms with van der Waals surface area (Å²) in [5.41, 5.74) is 2.31. The van der Waals surface area contributed by atoms with E-state index in [4.69, 9.17) is 0 Å². The number of hydrazine groups is 1. The van der Waals surface area contributed by atoms with Crippen LogP contribution in [0.15, 0.2) is 17.4 Å². The number of aliphatic hydroxyl groups is 1. The predicted molar refractivity (Wildman–Crippen MR) is 54.5 cm³/mol. The summed E-state index contributed by atoms with van der Waals surface area (Å²) in [6.45, 7) is 3.45. The average Bonchev–Trinajstić information content (AvgIpc) is 2.18. The first kappa shape index (κ1) is 9.48. The summed E-state index contributed by atoms with van der Waals surface area (Å²) in [6.07, 6.45) is 6.08. The average molecular weight is 196 g/mol. The molecule has 5 nitrogen and oxygen atoms in total. The number of hydrogen-bond donors (Lipinski definition) is 3. The fraction of sp³-hybridized carbons (Fsp3) is 0.667. The first-order valence-corrected chi connectivity index (χ1v) is 4.88. The van der Waals surface area contributed by atoms with Crippen molar-refractivity contribution in [3.8, 4) is 0 Å². The van der Waals surface area contributed by atoms with E-state index in [2.05, 4.69) is 15.8 Å². The van der Waals surface area contributed by atoms with Crippen LogP contribution in [0.5, 0.6) is 0 Å². The smallest absolute Gasteiger partial charge is 0.110 e. The minimum atomic E-state index is -0.694. The molecule has 2 aliphatic rings. The van der Waals surface area contributed by atoms with Crippen molar-refractivity contribution in [2.24, 2.45) is 5.10 Å². The van der Waals surface area contributed by atoms with Crippen LogP contribution in [-0.2, 0) is 0 Å². The van der Waals surface area contributed by atoms with Gasteiger partial charge in [0.1, 0.15) is 6.04 Å². The molecule has 1 saturated heterocycles. The van der Waals surface area contributed by atoms with Gasteiger partial charge in [-0.3, -0.25) is 5.43 Å². The zero-order chi connectivity index (χ0) is 10.0. The highest BCUT2D eigenvalue weighted by Crippen LogP contribution is 2.22. The molecule has 2 unspecified atom stereocenters. The minimum Gasteiger partial charge on any atom is -0.388 e. The third-order valence-corrected chi connectivity index (χ3v) is 2.74. The Hall–Kier alpha value is -1.07. The molecule has 5 heteroatoms. The van der Waals surface area contributed by atoms with E-state index in [0.29, 0.717) is 0 Å². The molecular formula is C9H16N4O. The number of nitrogens with zero attached hydrogens (tertiary/aromatic N) is 2. The molecule has 78 valence electrons. The van der Waals surface area contributed by atoms with E-state index in [1.807, 2.05) is 13.0 Å². The van der Waals surface area contributed by atoms with Crippen LogP contribution >= 0.6 is 0 Å². The molecule has 0 aromatic rings. The molecule has 0 aliphatic carbocycles. The van der Waals surface area contributed by atoms with E-state index < -0.39 is 5.60 Å². The molecular weight excluding hydrogens is 180 g/mol. The minimum absolute atomic E-state index is 0.0301. The Morgan fingerprint density at radius 2 is 2.50 bits per heavy atom. The van der Waals surface area contributed by atoms with Crippen LogP contribution < -0.4 is 10.7 Å². The van der Waals surface area contributed by atoms with Gasteiger partial charge in [-0.2, -0.15) is 5.10 Å². The summed E-state index contributed by atoms with van der Waals surface area (Å²) in [7, 11) is 0. The first-order valence-electron chi connectivity index (χ1n) is 4.88. The molecule has 2 atom stereocenters. The van der Waals surface area contributed by atoms with Crippen LogP contribution in [0.3, 0.4) is 0 Å². The second-order valence-corrected chi connectivity index (χ2v) is 3.92. The van der Waals surface area contributed by atoms with Gasteiger partial charge in [0.25, 0.3) is 0 Å². The maximum absolute atomic E-state index is 10.2. The molecule has 0 aromatic carbocycles. The fourth-order valence-corrected chi connectivity index (χ4v) is 1.79. The van der Waals surface area contributed by atoms with Crippen LogP contribution in [0.2, 0.25) is 0 Å². The van der Waals surface area contributed by atoms with Crippen LogP contribution in [0, 0.1) is 0 Å². The SMILES string of the molecule is CC1(O)CCNCC1N1N=CC=CN1. The van der Waals surface area contributed by atoms with Gasteiger partial charge in [-0.1, -0.05) is 0 Å². The highest BCUT2D eigenvalue weighted by molar-refractivity contribution is 5.71. The molecule has 2 heterocycles. The summed E-state index contributed by atoms with van der Waals surface area (Å²) < 4.78 is 0. The Bertz CT molecular complexity index is 262. The van der Waals surface area contributed by atoms with E-state index in [1.54, 1.807) is 17.5 Å². The van der Waals surface area contributed by atoms with E-state index in [0.717, 1.165) is 19.5 Å². The Balaban J connectivity index is 2.07. The normalized spacial score (nSPS) is 37.0. The summed E-state index contributed by atoms with van der Waals surface area (Å²) >= 11 is 0. The van der Waals surface area contributed by atoms with E-state index in [9.17, 15) is 5.11 Å².